The van der Waals surface area contributed by atoms with Gasteiger partial charge in [-0.3, -0.25) is 0 Å². The quantitative estimate of drug-likeness (QED) is 0.520. The van der Waals surface area contributed by atoms with Crippen LogP contribution in [0.25, 0.3) is 0 Å². The number of thiocarbonyl (C=S) groups is 1. The van der Waals surface area contributed by atoms with Crippen molar-refractivity contribution >= 4 is 38.7 Å². The van der Waals surface area contributed by atoms with Crippen LogP contribution in [0, 0.1) is 5.92 Å². The summed E-state index contributed by atoms with van der Waals surface area (Å²) in [6, 6.07) is -0.499. The summed E-state index contributed by atoms with van der Waals surface area (Å²) in [4.78, 5) is 0.399. The number of hydrogen-bond donors (Lipinski definition) is 2. The number of aliphatic hydroxyl groups excluding tert-OH is 1. The molecule has 1 atom stereocenters. The highest BCUT2D eigenvalue weighted by Gasteiger charge is 2.30. The van der Waals surface area contributed by atoms with Gasteiger partial charge in [-0.05, 0) is 24.8 Å². The Hall–Kier alpha value is -0.270. The fraction of sp³-hybridized carbons (Fsp3) is 0.706. The second-order valence-electron chi connectivity index (χ2n) is 6.18. The molecule has 0 heterocycles. The zero-order chi connectivity index (χ0) is 18.2. The minimum atomic E-state index is -3.79. The van der Waals surface area contributed by atoms with E-state index < -0.39 is 16.1 Å². The standard InChI is InChI=1S/C17H28ClNO3S2/c1-3-5-7-13(8-6-4-2)15(12-20)19-24(21,22)17-11-14(18)9-10-16(17)23/h9,11,13,15,19-20H,3-8,10,12H2,1-2H3/t15-/m1/s1. The molecule has 0 saturated heterocycles. The van der Waals surface area contributed by atoms with Crippen molar-refractivity contribution in [3.8, 4) is 0 Å². The molecule has 138 valence electrons. The van der Waals surface area contributed by atoms with E-state index in [-0.39, 0.29) is 17.4 Å². The van der Waals surface area contributed by atoms with E-state index in [4.69, 9.17) is 23.8 Å². The molecule has 0 radical (unpaired) electrons. The average molecular weight is 394 g/mol. The van der Waals surface area contributed by atoms with Crippen molar-refractivity contribution in [2.45, 2.75) is 64.8 Å². The molecule has 0 fully saturated rings. The highest BCUT2D eigenvalue weighted by Crippen LogP contribution is 2.25. The fourth-order valence-corrected chi connectivity index (χ4v) is 4.99. The minimum absolute atomic E-state index is 0.0492. The van der Waals surface area contributed by atoms with Crippen LogP contribution in [0.1, 0.15) is 58.8 Å². The molecule has 0 saturated carbocycles. The smallest absolute Gasteiger partial charge is 0.242 e. The lowest BCUT2D eigenvalue weighted by molar-refractivity contribution is 0.199. The zero-order valence-electron chi connectivity index (χ0n) is 14.4. The number of rotatable bonds is 11. The van der Waals surface area contributed by atoms with Crippen LogP contribution in [0.15, 0.2) is 22.1 Å². The topological polar surface area (TPSA) is 66.4 Å². The van der Waals surface area contributed by atoms with Gasteiger partial charge >= 0.3 is 0 Å². The Bertz CT molecular complexity index is 577. The van der Waals surface area contributed by atoms with Crippen LogP contribution in [-0.2, 0) is 10.0 Å². The Balaban J connectivity index is 2.94. The molecule has 7 heteroatoms. The first kappa shape index (κ1) is 21.8. The summed E-state index contributed by atoms with van der Waals surface area (Å²) in [5.41, 5.74) is 0. The molecule has 24 heavy (non-hydrogen) atoms. The average Bonchev–Trinajstić information content (AvgIpc) is 2.55. The third-order valence-electron chi connectivity index (χ3n) is 4.24. The fourth-order valence-electron chi connectivity index (χ4n) is 2.81. The van der Waals surface area contributed by atoms with Gasteiger partial charge in [0.05, 0.1) is 11.5 Å². The van der Waals surface area contributed by atoms with E-state index in [9.17, 15) is 13.5 Å². The summed E-state index contributed by atoms with van der Waals surface area (Å²) in [6.07, 6.45) is 9.34. The second-order valence-corrected chi connectivity index (χ2v) is 8.79. The Morgan fingerprint density at radius 3 is 2.38 bits per heavy atom. The van der Waals surface area contributed by atoms with Gasteiger partial charge in [0.15, 0.2) is 0 Å². The van der Waals surface area contributed by atoms with Crippen molar-refractivity contribution in [3.63, 3.8) is 0 Å². The molecule has 1 aliphatic carbocycles. The first-order valence-electron chi connectivity index (χ1n) is 8.59. The molecular formula is C17H28ClNO3S2. The monoisotopic (exact) mass is 393 g/mol. The molecule has 2 N–H and O–H groups in total. The summed E-state index contributed by atoms with van der Waals surface area (Å²) in [5, 5.41) is 10.1. The van der Waals surface area contributed by atoms with Crippen LogP contribution in [0.3, 0.4) is 0 Å². The molecule has 0 aromatic carbocycles. The normalized spacial score (nSPS) is 17.0. The zero-order valence-corrected chi connectivity index (χ0v) is 16.8. The number of halogens is 1. The lowest BCUT2D eigenvalue weighted by atomic mass is 9.90. The predicted octanol–water partition coefficient (Wildman–Crippen LogP) is 4.04. The number of hydrogen-bond acceptors (Lipinski definition) is 4. The molecule has 0 aromatic rings. The molecule has 0 bridgehead atoms. The van der Waals surface area contributed by atoms with Crippen molar-refractivity contribution < 1.29 is 13.5 Å². The highest BCUT2D eigenvalue weighted by atomic mass is 35.5. The minimum Gasteiger partial charge on any atom is -0.395 e. The maximum Gasteiger partial charge on any atom is 0.242 e. The first-order valence-corrected chi connectivity index (χ1v) is 10.9. The Labute approximate surface area is 156 Å². The molecule has 1 rings (SSSR count). The van der Waals surface area contributed by atoms with Crippen molar-refractivity contribution in [1.29, 1.82) is 0 Å². The number of allylic oxidation sites excluding steroid dienone is 4. The van der Waals surface area contributed by atoms with Gasteiger partial charge in [0, 0.05) is 22.4 Å². The number of unbranched alkanes of at least 4 members (excludes halogenated alkanes) is 2. The van der Waals surface area contributed by atoms with Crippen LogP contribution in [0.5, 0.6) is 0 Å². The lowest BCUT2D eigenvalue weighted by Crippen LogP contribution is -2.44. The maximum absolute atomic E-state index is 12.7. The highest BCUT2D eigenvalue weighted by molar-refractivity contribution is 7.96. The Morgan fingerprint density at radius 1 is 1.29 bits per heavy atom. The van der Waals surface area contributed by atoms with Crippen molar-refractivity contribution in [1.82, 2.24) is 4.72 Å². The third kappa shape index (κ3) is 6.56. The van der Waals surface area contributed by atoms with Gasteiger partial charge in [0.25, 0.3) is 0 Å². The molecule has 0 unspecified atom stereocenters. The van der Waals surface area contributed by atoms with Crippen molar-refractivity contribution in [2.75, 3.05) is 6.61 Å². The summed E-state index contributed by atoms with van der Waals surface area (Å²) < 4.78 is 28.1. The van der Waals surface area contributed by atoms with Gasteiger partial charge in [-0.15, -0.1) is 0 Å². The van der Waals surface area contributed by atoms with Crippen molar-refractivity contribution in [2.24, 2.45) is 5.92 Å². The molecule has 0 amide bonds. The predicted molar refractivity (Wildman–Crippen MR) is 105 cm³/mol. The molecule has 0 aliphatic heterocycles. The molecule has 0 aromatic heterocycles. The van der Waals surface area contributed by atoms with Gasteiger partial charge in [-0.2, -0.15) is 0 Å². The van der Waals surface area contributed by atoms with Crippen LogP contribution in [-0.4, -0.2) is 31.0 Å². The SMILES string of the molecule is CCCCC(CCCC)[C@@H](CO)NS(=O)(=O)C1=CC(Cl)=CCC1=S. The largest absolute Gasteiger partial charge is 0.395 e. The van der Waals surface area contributed by atoms with Crippen LogP contribution < -0.4 is 4.72 Å². The van der Waals surface area contributed by atoms with Gasteiger partial charge in [0.2, 0.25) is 10.0 Å². The summed E-state index contributed by atoms with van der Waals surface area (Å²) >= 11 is 11.1. The van der Waals surface area contributed by atoms with E-state index in [1.165, 1.54) is 6.08 Å². The lowest BCUT2D eigenvalue weighted by Gasteiger charge is -2.27. The van der Waals surface area contributed by atoms with Gasteiger partial charge in [-0.1, -0.05) is 69.4 Å². The van der Waals surface area contributed by atoms with Crippen LogP contribution >= 0.6 is 23.8 Å². The number of aliphatic hydroxyl groups is 1. The van der Waals surface area contributed by atoms with E-state index in [1.807, 2.05) is 0 Å². The summed E-state index contributed by atoms with van der Waals surface area (Å²) in [7, 11) is -3.79. The van der Waals surface area contributed by atoms with Crippen LogP contribution in [0.2, 0.25) is 0 Å². The molecule has 1 aliphatic rings. The van der Waals surface area contributed by atoms with Gasteiger partial charge in [0.1, 0.15) is 0 Å². The summed E-state index contributed by atoms with van der Waals surface area (Å²) in [5.74, 6) is 0.119. The van der Waals surface area contributed by atoms with E-state index in [0.717, 1.165) is 38.5 Å². The summed E-state index contributed by atoms with van der Waals surface area (Å²) in [6.45, 7) is 3.99. The number of nitrogens with one attached hydrogen (secondary N) is 1. The third-order valence-corrected chi connectivity index (χ3v) is 6.58. The van der Waals surface area contributed by atoms with Crippen molar-refractivity contribution in [3.05, 3.63) is 22.1 Å². The Kier molecular flexibility index (Phi) is 9.67. The Morgan fingerprint density at radius 2 is 1.88 bits per heavy atom. The van der Waals surface area contributed by atoms with E-state index in [2.05, 4.69) is 18.6 Å². The van der Waals surface area contributed by atoms with Crippen LogP contribution in [0.4, 0.5) is 0 Å². The molecule has 4 nitrogen and oxygen atoms in total. The van der Waals surface area contributed by atoms with E-state index in [1.54, 1.807) is 6.08 Å². The second kappa shape index (κ2) is 10.7. The first-order chi connectivity index (χ1) is 11.4. The van der Waals surface area contributed by atoms with E-state index in [0.29, 0.717) is 16.3 Å². The number of sulfonamides is 1. The molecule has 0 spiro atoms. The van der Waals surface area contributed by atoms with E-state index >= 15 is 0 Å². The molecular weight excluding hydrogens is 366 g/mol. The van der Waals surface area contributed by atoms with Gasteiger partial charge < -0.3 is 5.11 Å². The maximum atomic E-state index is 12.7. The van der Waals surface area contributed by atoms with Gasteiger partial charge in [-0.25, -0.2) is 13.1 Å².